The molecular formula is C13H17FN2O. The highest BCUT2D eigenvalue weighted by Crippen LogP contribution is 2.20. The number of aryl methyl sites for hydroxylation is 1. The van der Waals surface area contributed by atoms with Crippen molar-refractivity contribution in [1.82, 2.24) is 4.90 Å². The number of likely N-dealkylation sites (tertiary alicyclic amines) is 1. The normalized spacial score (nSPS) is 24.1. The van der Waals surface area contributed by atoms with E-state index in [1.807, 2.05) is 6.92 Å². The Morgan fingerprint density at radius 2 is 2.24 bits per heavy atom. The average Bonchev–Trinajstić information content (AvgIpc) is 2.63. The van der Waals surface area contributed by atoms with E-state index in [4.69, 9.17) is 5.73 Å². The molecule has 1 aromatic carbocycles. The van der Waals surface area contributed by atoms with Gasteiger partial charge in [0.1, 0.15) is 5.82 Å². The predicted molar refractivity (Wildman–Crippen MR) is 64.2 cm³/mol. The van der Waals surface area contributed by atoms with Gasteiger partial charge in [0.2, 0.25) is 0 Å². The fraction of sp³-hybridized carbons (Fsp3) is 0.462. The standard InChI is InChI=1S/C13H17FN2O/c1-8-3-4-10(7-11(8)14)13(17)16-6-5-12(15)9(16)2/h3-4,7,9,12H,5-6,15H2,1-2H3. The van der Waals surface area contributed by atoms with E-state index in [-0.39, 0.29) is 23.8 Å². The summed E-state index contributed by atoms with van der Waals surface area (Å²) in [6, 6.07) is 4.63. The number of carbonyl (C=O) groups excluding carboxylic acids is 1. The van der Waals surface area contributed by atoms with Gasteiger partial charge in [-0.2, -0.15) is 0 Å². The zero-order chi connectivity index (χ0) is 12.6. The van der Waals surface area contributed by atoms with E-state index in [1.54, 1.807) is 24.0 Å². The van der Waals surface area contributed by atoms with Crippen molar-refractivity contribution in [3.8, 4) is 0 Å². The molecule has 1 amide bonds. The fourth-order valence-electron chi connectivity index (χ4n) is 2.14. The number of benzene rings is 1. The van der Waals surface area contributed by atoms with Gasteiger partial charge in [0, 0.05) is 24.2 Å². The second kappa shape index (κ2) is 4.45. The van der Waals surface area contributed by atoms with Crippen LogP contribution in [-0.4, -0.2) is 29.4 Å². The van der Waals surface area contributed by atoms with Gasteiger partial charge in [-0.15, -0.1) is 0 Å². The minimum Gasteiger partial charge on any atom is -0.334 e. The Kier molecular flexibility index (Phi) is 3.15. The summed E-state index contributed by atoms with van der Waals surface area (Å²) in [6.45, 7) is 4.26. The Bertz CT molecular complexity index is 447. The summed E-state index contributed by atoms with van der Waals surface area (Å²) in [5.74, 6) is -0.476. The van der Waals surface area contributed by atoms with E-state index in [1.165, 1.54) is 6.07 Å². The Hall–Kier alpha value is -1.42. The maximum atomic E-state index is 13.4. The van der Waals surface area contributed by atoms with Crippen LogP contribution in [0.5, 0.6) is 0 Å². The first-order valence-corrected chi connectivity index (χ1v) is 5.83. The molecule has 0 saturated carbocycles. The molecule has 1 fully saturated rings. The second-order valence-corrected chi connectivity index (χ2v) is 4.66. The minimum absolute atomic E-state index is 0.0202. The van der Waals surface area contributed by atoms with Crippen LogP contribution < -0.4 is 5.73 Å². The van der Waals surface area contributed by atoms with Crippen LogP contribution in [0.2, 0.25) is 0 Å². The molecule has 2 atom stereocenters. The summed E-state index contributed by atoms with van der Waals surface area (Å²) >= 11 is 0. The van der Waals surface area contributed by atoms with Crippen molar-refractivity contribution >= 4 is 5.91 Å². The van der Waals surface area contributed by atoms with Gasteiger partial charge >= 0.3 is 0 Å². The number of amides is 1. The molecule has 1 saturated heterocycles. The molecule has 1 heterocycles. The van der Waals surface area contributed by atoms with Crippen LogP contribution in [0.3, 0.4) is 0 Å². The molecule has 2 rings (SSSR count). The Labute approximate surface area is 100 Å². The van der Waals surface area contributed by atoms with Crippen LogP contribution in [0, 0.1) is 12.7 Å². The molecule has 0 aromatic heterocycles. The van der Waals surface area contributed by atoms with Crippen molar-refractivity contribution in [2.24, 2.45) is 5.73 Å². The lowest BCUT2D eigenvalue weighted by molar-refractivity contribution is 0.0742. The molecule has 3 nitrogen and oxygen atoms in total. The van der Waals surface area contributed by atoms with Gasteiger partial charge in [-0.25, -0.2) is 4.39 Å². The summed E-state index contributed by atoms with van der Waals surface area (Å²) in [7, 11) is 0. The zero-order valence-corrected chi connectivity index (χ0v) is 10.1. The third-order valence-electron chi connectivity index (χ3n) is 3.49. The number of halogens is 1. The quantitative estimate of drug-likeness (QED) is 0.806. The van der Waals surface area contributed by atoms with Crippen molar-refractivity contribution in [2.75, 3.05) is 6.54 Å². The summed E-state index contributed by atoms with van der Waals surface area (Å²) in [4.78, 5) is 13.9. The smallest absolute Gasteiger partial charge is 0.254 e. The number of rotatable bonds is 1. The van der Waals surface area contributed by atoms with Gasteiger partial charge in [0.25, 0.3) is 5.91 Å². The van der Waals surface area contributed by atoms with Gasteiger partial charge in [-0.1, -0.05) is 6.07 Å². The number of hydrogen-bond donors (Lipinski definition) is 1. The number of nitrogens with two attached hydrogens (primary N) is 1. The van der Waals surface area contributed by atoms with Crippen molar-refractivity contribution in [2.45, 2.75) is 32.4 Å². The van der Waals surface area contributed by atoms with Crippen molar-refractivity contribution in [3.05, 3.63) is 35.1 Å². The topological polar surface area (TPSA) is 46.3 Å². The first-order chi connectivity index (χ1) is 8.00. The van der Waals surface area contributed by atoms with E-state index in [0.29, 0.717) is 17.7 Å². The molecule has 17 heavy (non-hydrogen) atoms. The SMILES string of the molecule is Cc1ccc(C(=O)N2CCC(N)C2C)cc1F. The third kappa shape index (κ3) is 2.17. The summed E-state index contributed by atoms with van der Waals surface area (Å²) in [6.07, 6.45) is 0.807. The molecule has 4 heteroatoms. The Morgan fingerprint density at radius 1 is 1.53 bits per heavy atom. The number of nitrogens with zero attached hydrogens (tertiary/aromatic N) is 1. The first kappa shape index (κ1) is 12.0. The zero-order valence-electron chi connectivity index (χ0n) is 10.1. The highest BCUT2D eigenvalue weighted by molar-refractivity contribution is 5.94. The molecule has 1 aliphatic rings. The molecule has 2 unspecified atom stereocenters. The summed E-state index contributed by atoms with van der Waals surface area (Å²) in [5, 5.41) is 0. The molecule has 2 N–H and O–H groups in total. The van der Waals surface area contributed by atoms with E-state index in [0.717, 1.165) is 6.42 Å². The van der Waals surface area contributed by atoms with Crippen LogP contribution in [-0.2, 0) is 0 Å². The monoisotopic (exact) mass is 236 g/mol. The van der Waals surface area contributed by atoms with E-state index >= 15 is 0 Å². The minimum atomic E-state index is -0.341. The summed E-state index contributed by atoms with van der Waals surface area (Å²) in [5.41, 5.74) is 6.82. The number of carbonyl (C=O) groups is 1. The molecule has 0 spiro atoms. The Balaban J connectivity index is 2.22. The number of hydrogen-bond acceptors (Lipinski definition) is 2. The molecular weight excluding hydrogens is 219 g/mol. The second-order valence-electron chi connectivity index (χ2n) is 4.66. The predicted octanol–water partition coefficient (Wildman–Crippen LogP) is 1.70. The Morgan fingerprint density at radius 3 is 2.76 bits per heavy atom. The van der Waals surface area contributed by atoms with Crippen molar-refractivity contribution in [1.29, 1.82) is 0 Å². The van der Waals surface area contributed by atoms with Crippen molar-refractivity contribution in [3.63, 3.8) is 0 Å². The van der Waals surface area contributed by atoms with Crippen LogP contribution in [0.25, 0.3) is 0 Å². The fourth-order valence-corrected chi connectivity index (χ4v) is 2.14. The molecule has 0 aliphatic carbocycles. The van der Waals surface area contributed by atoms with Crippen LogP contribution >= 0.6 is 0 Å². The highest BCUT2D eigenvalue weighted by Gasteiger charge is 2.31. The third-order valence-corrected chi connectivity index (χ3v) is 3.49. The lowest BCUT2D eigenvalue weighted by Crippen LogP contribution is -2.40. The van der Waals surface area contributed by atoms with Gasteiger partial charge in [0.05, 0.1) is 0 Å². The summed E-state index contributed by atoms with van der Waals surface area (Å²) < 4.78 is 13.4. The van der Waals surface area contributed by atoms with Crippen LogP contribution in [0.4, 0.5) is 4.39 Å². The van der Waals surface area contributed by atoms with Crippen molar-refractivity contribution < 1.29 is 9.18 Å². The van der Waals surface area contributed by atoms with Gasteiger partial charge < -0.3 is 10.6 Å². The lowest BCUT2D eigenvalue weighted by atomic mass is 10.1. The molecule has 0 bridgehead atoms. The average molecular weight is 236 g/mol. The molecule has 92 valence electrons. The van der Waals surface area contributed by atoms with Gasteiger partial charge in [-0.3, -0.25) is 4.79 Å². The highest BCUT2D eigenvalue weighted by atomic mass is 19.1. The molecule has 0 radical (unpaired) electrons. The van der Waals surface area contributed by atoms with E-state index in [2.05, 4.69) is 0 Å². The first-order valence-electron chi connectivity index (χ1n) is 5.83. The van der Waals surface area contributed by atoms with Crippen LogP contribution in [0.1, 0.15) is 29.3 Å². The van der Waals surface area contributed by atoms with Gasteiger partial charge in [0.15, 0.2) is 0 Å². The van der Waals surface area contributed by atoms with Gasteiger partial charge in [-0.05, 0) is 38.0 Å². The lowest BCUT2D eigenvalue weighted by Gasteiger charge is -2.23. The largest absolute Gasteiger partial charge is 0.334 e. The van der Waals surface area contributed by atoms with E-state index in [9.17, 15) is 9.18 Å². The molecule has 1 aromatic rings. The maximum absolute atomic E-state index is 13.4. The van der Waals surface area contributed by atoms with E-state index < -0.39 is 0 Å². The van der Waals surface area contributed by atoms with Crippen LogP contribution in [0.15, 0.2) is 18.2 Å². The molecule has 1 aliphatic heterocycles. The maximum Gasteiger partial charge on any atom is 0.254 e.